The maximum Gasteiger partial charge on any atom is 0.187 e. The monoisotopic (exact) mass is 311 g/mol. The van der Waals surface area contributed by atoms with Crippen molar-refractivity contribution in [1.29, 1.82) is 0 Å². The van der Waals surface area contributed by atoms with Crippen LogP contribution in [0.4, 0.5) is 4.39 Å². The molecule has 0 saturated carbocycles. The van der Waals surface area contributed by atoms with E-state index in [4.69, 9.17) is 4.74 Å². The van der Waals surface area contributed by atoms with Gasteiger partial charge in [0.1, 0.15) is 5.82 Å². The Balaban J connectivity index is 1.93. The first-order valence-corrected chi connectivity index (χ1v) is 7.64. The van der Waals surface area contributed by atoms with Gasteiger partial charge in [0.05, 0.1) is 13.2 Å². The van der Waals surface area contributed by atoms with Gasteiger partial charge >= 0.3 is 0 Å². The van der Waals surface area contributed by atoms with Crippen LogP contribution in [0.5, 0.6) is 0 Å². The number of halogens is 1. The molecule has 0 aliphatic carbocycles. The number of hydrogen-bond acceptors (Lipinski definition) is 3. The van der Waals surface area contributed by atoms with E-state index < -0.39 is 0 Å². The fraction of sp³-hybridized carbons (Fsp3) is 0.211. The second-order valence-corrected chi connectivity index (χ2v) is 5.37. The molecule has 23 heavy (non-hydrogen) atoms. The molecule has 2 aromatic carbocycles. The average Bonchev–Trinajstić information content (AvgIpc) is 2.61. The largest absolute Gasteiger partial charge is 0.378 e. The zero-order chi connectivity index (χ0) is 16.1. The molecular weight excluding hydrogens is 293 g/mol. The molecule has 1 heterocycles. The van der Waals surface area contributed by atoms with Gasteiger partial charge in [0, 0.05) is 30.4 Å². The highest BCUT2D eigenvalue weighted by molar-refractivity contribution is 6.08. The van der Waals surface area contributed by atoms with Crippen LogP contribution in [0.1, 0.15) is 15.9 Å². The minimum atomic E-state index is -0.345. The van der Waals surface area contributed by atoms with Crippen LogP contribution in [-0.2, 0) is 4.74 Å². The molecule has 0 spiro atoms. The van der Waals surface area contributed by atoms with E-state index in [0.29, 0.717) is 18.8 Å². The minimum absolute atomic E-state index is 0.129. The van der Waals surface area contributed by atoms with E-state index in [-0.39, 0.29) is 11.6 Å². The molecule has 0 amide bonds. The van der Waals surface area contributed by atoms with Crippen LogP contribution >= 0.6 is 0 Å². The Bertz CT molecular complexity index is 689. The summed E-state index contributed by atoms with van der Waals surface area (Å²) in [5.41, 5.74) is 2.35. The maximum absolute atomic E-state index is 13.0. The molecular formula is C19H18FNO2. The quantitative estimate of drug-likeness (QED) is 0.640. The lowest BCUT2D eigenvalue weighted by atomic mass is 10.1. The number of carbonyl (C=O) groups is 1. The number of rotatable bonds is 4. The molecule has 4 heteroatoms. The van der Waals surface area contributed by atoms with Crippen LogP contribution in [0.2, 0.25) is 0 Å². The summed E-state index contributed by atoms with van der Waals surface area (Å²) in [5.74, 6) is -0.475. The number of carbonyl (C=O) groups excluding carboxylic acids is 1. The van der Waals surface area contributed by atoms with E-state index in [0.717, 1.165) is 24.4 Å². The Morgan fingerprint density at radius 2 is 1.61 bits per heavy atom. The van der Waals surface area contributed by atoms with E-state index in [1.54, 1.807) is 6.08 Å². The van der Waals surface area contributed by atoms with Gasteiger partial charge in [-0.2, -0.15) is 0 Å². The van der Waals surface area contributed by atoms with Crippen LogP contribution in [0.3, 0.4) is 0 Å². The van der Waals surface area contributed by atoms with Crippen LogP contribution < -0.4 is 0 Å². The van der Waals surface area contributed by atoms with Gasteiger partial charge in [0.15, 0.2) is 5.78 Å². The van der Waals surface area contributed by atoms with Crippen LogP contribution in [-0.4, -0.2) is 37.0 Å². The molecule has 0 N–H and O–H groups in total. The van der Waals surface area contributed by atoms with Crippen molar-refractivity contribution in [2.45, 2.75) is 0 Å². The third kappa shape index (κ3) is 3.85. The number of ketones is 1. The summed E-state index contributed by atoms with van der Waals surface area (Å²) in [7, 11) is 0. The Morgan fingerprint density at radius 3 is 2.26 bits per heavy atom. The lowest BCUT2D eigenvalue weighted by molar-refractivity contribution is 0.0637. The summed E-state index contributed by atoms with van der Waals surface area (Å²) >= 11 is 0. The molecule has 0 unspecified atom stereocenters. The Labute approximate surface area is 135 Å². The standard InChI is InChI=1S/C19H18FNO2/c20-17-8-6-16(7-9-17)19(22)14-18(15-4-2-1-3-5-15)21-10-12-23-13-11-21/h1-9,14H,10-13H2/b18-14+. The average molecular weight is 311 g/mol. The molecule has 1 aliphatic heterocycles. The van der Waals surface area contributed by atoms with Gasteiger partial charge in [-0.05, 0) is 29.8 Å². The second-order valence-electron chi connectivity index (χ2n) is 5.37. The summed E-state index contributed by atoms with van der Waals surface area (Å²) in [6.45, 7) is 2.79. The van der Waals surface area contributed by atoms with E-state index in [1.807, 2.05) is 30.3 Å². The second kappa shape index (κ2) is 7.20. The van der Waals surface area contributed by atoms with E-state index >= 15 is 0 Å². The molecule has 0 bridgehead atoms. The smallest absolute Gasteiger partial charge is 0.187 e. The Kier molecular flexibility index (Phi) is 4.83. The predicted molar refractivity (Wildman–Crippen MR) is 87.5 cm³/mol. The number of hydrogen-bond donors (Lipinski definition) is 0. The van der Waals surface area contributed by atoms with Crippen molar-refractivity contribution in [1.82, 2.24) is 4.90 Å². The van der Waals surface area contributed by atoms with Gasteiger partial charge in [-0.25, -0.2) is 4.39 Å². The number of morpholine rings is 1. The topological polar surface area (TPSA) is 29.5 Å². The van der Waals surface area contributed by atoms with Crippen LogP contribution in [0.15, 0.2) is 60.7 Å². The molecule has 118 valence electrons. The van der Waals surface area contributed by atoms with Gasteiger partial charge in [-0.1, -0.05) is 30.3 Å². The molecule has 1 saturated heterocycles. The van der Waals surface area contributed by atoms with Crippen molar-refractivity contribution in [2.75, 3.05) is 26.3 Å². The molecule has 0 radical (unpaired) electrons. The molecule has 2 aromatic rings. The summed E-state index contributed by atoms with van der Waals surface area (Å²) in [6.07, 6.45) is 1.63. The highest BCUT2D eigenvalue weighted by Gasteiger charge is 2.17. The molecule has 1 aliphatic rings. The third-order valence-corrected chi connectivity index (χ3v) is 3.82. The van der Waals surface area contributed by atoms with Gasteiger partial charge in [0.25, 0.3) is 0 Å². The van der Waals surface area contributed by atoms with Crippen molar-refractivity contribution >= 4 is 11.5 Å². The number of benzene rings is 2. The molecule has 1 fully saturated rings. The van der Waals surface area contributed by atoms with Crippen molar-refractivity contribution in [3.8, 4) is 0 Å². The number of nitrogens with zero attached hydrogens (tertiary/aromatic N) is 1. The molecule has 0 aromatic heterocycles. The Morgan fingerprint density at radius 1 is 0.957 bits per heavy atom. The van der Waals surface area contributed by atoms with Crippen LogP contribution in [0.25, 0.3) is 5.70 Å². The van der Waals surface area contributed by atoms with E-state index in [2.05, 4.69) is 4.90 Å². The summed E-state index contributed by atoms with van der Waals surface area (Å²) < 4.78 is 18.4. The lowest BCUT2D eigenvalue weighted by Crippen LogP contribution is -2.35. The van der Waals surface area contributed by atoms with Crippen molar-refractivity contribution < 1.29 is 13.9 Å². The highest BCUT2D eigenvalue weighted by Crippen LogP contribution is 2.21. The van der Waals surface area contributed by atoms with Gasteiger partial charge < -0.3 is 9.64 Å². The number of ether oxygens (including phenoxy) is 1. The fourth-order valence-corrected chi connectivity index (χ4v) is 2.59. The molecule has 3 nitrogen and oxygen atoms in total. The third-order valence-electron chi connectivity index (χ3n) is 3.82. The van der Waals surface area contributed by atoms with Crippen molar-refractivity contribution in [2.24, 2.45) is 0 Å². The summed E-state index contributed by atoms with van der Waals surface area (Å²) in [5, 5.41) is 0. The number of allylic oxidation sites excluding steroid dienone is 1. The maximum atomic E-state index is 13.0. The molecule has 0 atom stereocenters. The van der Waals surface area contributed by atoms with E-state index in [9.17, 15) is 9.18 Å². The van der Waals surface area contributed by atoms with Crippen LogP contribution in [0, 0.1) is 5.82 Å². The fourth-order valence-electron chi connectivity index (χ4n) is 2.59. The highest BCUT2D eigenvalue weighted by atomic mass is 19.1. The van der Waals surface area contributed by atoms with Gasteiger partial charge in [-0.3, -0.25) is 4.79 Å². The lowest BCUT2D eigenvalue weighted by Gasteiger charge is -2.31. The first kappa shape index (κ1) is 15.4. The predicted octanol–water partition coefficient (Wildman–Crippen LogP) is 3.38. The summed E-state index contributed by atoms with van der Waals surface area (Å²) in [6, 6.07) is 15.4. The first-order valence-electron chi connectivity index (χ1n) is 7.64. The van der Waals surface area contributed by atoms with E-state index in [1.165, 1.54) is 24.3 Å². The SMILES string of the molecule is O=C(/C=C(\c1ccccc1)N1CCOCC1)c1ccc(F)cc1. The normalized spacial score (nSPS) is 15.5. The Hall–Kier alpha value is -2.46. The summed E-state index contributed by atoms with van der Waals surface area (Å²) in [4.78, 5) is 14.7. The first-order chi connectivity index (χ1) is 11.2. The van der Waals surface area contributed by atoms with Crippen molar-refractivity contribution in [3.05, 3.63) is 77.6 Å². The zero-order valence-corrected chi connectivity index (χ0v) is 12.7. The van der Waals surface area contributed by atoms with Gasteiger partial charge in [0.2, 0.25) is 0 Å². The van der Waals surface area contributed by atoms with Gasteiger partial charge in [-0.15, -0.1) is 0 Å². The molecule has 3 rings (SSSR count). The van der Waals surface area contributed by atoms with Crippen molar-refractivity contribution in [3.63, 3.8) is 0 Å². The zero-order valence-electron chi connectivity index (χ0n) is 12.7. The minimum Gasteiger partial charge on any atom is -0.378 e.